The Morgan fingerprint density at radius 3 is 2.72 bits per heavy atom. The van der Waals surface area contributed by atoms with Gasteiger partial charge in [0.05, 0.1) is 29.2 Å². The monoisotopic (exact) mass is 435 g/mol. The lowest BCUT2D eigenvalue weighted by Gasteiger charge is -2.36. The number of hydrogen-bond acceptors (Lipinski definition) is 6. The Morgan fingerprint density at radius 1 is 1.16 bits per heavy atom. The molecule has 32 heavy (non-hydrogen) atoms. The highest BCUT2D eigenvalue weighted by atomic mass is 19.1. The molecule has 1 saturated heterocycles. The molecule has 0 spiro atoms. The number of nitrogens with one attached hydrogen (secondary N) is 2. The predicted molar refractivity (Wildman–Crippen MR) is 118 cm³/mol. The van der Waals surface area contributed by atoms with E-state index in [-0.39, 0.29) is 11.3 Å². The highest BCUT2D eigenvalue weighted by Gasteiger charge is 2.21. The van der Waals surface area contributed by atoms with E-state index >= 15 is 0 Å². The number of benzene rings is 1. The number of piperazine rings is 1. The quantitative estimate of drug-likeness (QED) is 0.470. The third-order valence-corrected chi connectivity index (χ3v) is 5.85. The van der Waals surface area contributed by atoms with Gasteiger partial charge in [-0.3, -0.25) is 18.9 Å². The first kappa shape index (κ1) is 20.1. The van der Waals surface area contributed by atoms with Crippen LogP contribution in [0, 0.1) is 5.95 Å². The predicted octanol–water partition coefficient (Wildman–Crippen LogP) is 1.39. The van der Waals surface area contributed by atoms with Gasteiger partial charge in [-0.1, -0.05) is 6.07 Å². The Labute approximate surface area is 182 Å². The van der Waals surface area contributed by atoms with Crippen LogP contribution in [0.4, 0.5) is 10.1 Å². The molecule has 0 unspecified atom stereocenters. The molecule has 10 heteroatoms. The van der Waals surface area contributed by atoms with Gasteiger partial charge in [-0.05, 0) is 29.8 Å². The van der Waals surface area contributed by atoms with Crippen molar-refractivity contribution in [2.24, 2.45) is 0 Å². The molecule has 1 amide bonds. The number of carbonyl (C=O) groups excluding carboxylic acids is 1. The second-order valence-corrected chi connectivity index (χ2v) is 7.80. The van der Waals surface area contributed by atoms with Crippen LogP contribution in [0.2, 0.25) is 0 Å². The number of H-pyrrole nitrogens is 1. The number of carbonyl (C=O) groups is 1. The second kappa shape index (κ2) is 8.04. The summed E-state index contributed by atoms with van der Waals surface area (Å²) in [5.74, 6) is -1.05. The van der Waals surface area contributed by atoms with Crippen molar-refractivity contribution in [2.45, 2.75) is 6.54 Å². The average molecular weight is 435 g/mol. The maximum Gasteiger partial charge on any atom is 0.274 e. The molecule has 4 heterocycles. The highest BCUT2D eigenvalue weighted by molar-refractivity contribution is 5.92. The van der Waals surface area contributed by atoms with E-state index in [1.54, 1.807) is 23.0 Å². The lowest BCUT2D eigenvalue weighted by Crippen LogP contribution is -2.46. The second-order valence-electron chi connectivity index (χ2n) is 7.80. The number of rotatable bonds is 4. The van der Waals surface area contributed by atoms with E-state index in [4.69, 9.17) is 0 Å². The molecule has 164 valence electrons. The first-order valence-corrected chi connectivity index (χ1v) is 10.4. The van der Waals surface area contributed by atoms with Crippen molar-refractivity contribution in [1.82, 2.24) is 29.6 Å². The minimum Gasteiger partial charge on any atom is -0.365 e. The summed E-state index contributed by atoms with van der Waals surface area (Å²) in [7, 11) is 1.49. The SMILES string of the molecule is CNC(=O)c1ccc(N2CCN(Cc3ccc4c(c3)[nH]c(=O)c3cncn34)CC2)c(F)n1. The molecule has 5 rings (SSSR count). The van der Waals surface area contributed by atoms with E-state index in [2.05, 4.69) is 25.2 Å². The Morgan fingerprint density at radius 2 is 1.97 bits per heavy atom. The lowest BCUT2D eigenvalue weighted by atomic mass is 10.1. The number of pyridine rings is 1. The fraction of sp³-hybridized carbons (Fsp3) is 0.273. The number of imidazole rings is 1. The number of hydrogen-bond donors (Lipinski definition) is 2. The largest absolute Gasteiger partial charge is 0.365 e. The smallest absolute Gasteiger partial charge is 0.274 e. The minimum absolute atomic E-state index is 0.0645. The standard InChI is InChI=1S/C22H22FN7O2/c1-24-21(31)15-3-5-18(20(23)26-15)29-8-6-28(7-9-29)12-14-2-4-17-16(10-14)27-22(32)19-11-25-13-30(17)19/h2-5,10-11,13H,6-9,12H2,1H3,(H,24,31)(H,27,32). The summed E-state index contributed by atoms with van der Waals surface area (Å²) in [5, 5.41) is 2.45. The molecule has 0 bridgehead atoms. The molecule has 1 aliphatic heterocycles. The van der Waals surface area contributed by atoms with E-state index in [0.717, 1.165) is 36.2 Å². The van der Waals surface area contributed by atoms with E-state index in [1.165, 1.54) is 13.1 Å². The van der Waals surface area contributed by atoms with E-state index < -0.39 is 11.9 Å². The average Bonchev–Trinajstić information content (AvgIpc) is 3.30. The molecule has 1 aliphatic rings. The van der Waals surface area contributed by atoms with Gasteiger partial charge in [0.25, 0.3) is 11.5 Å². The molecule has 0 saturated carbocycles. The first-order chi connectivity index (χ1) is 15.5. The van der Waals surface area contributed by atoms with Crippen molar-refractivity contribution in [1.29, 1.82) is 0 Å². The molecule has 3 aromatic heterocycles. The zero-order valence-electron chi connectivity index (χ0n) is 17.5. The molecule has 2 N–H and O–H groups in total. The van der Waals surface area contributed by atoms with Gasteiger partial charge < -0.3 is 15.2 Å². The molecule has 4 aromatic rings. The summed E-state index contributed by atoms with van der Waals surface area (Å²) >= 11 is 0. The van der Waals surface area contributed by atoms with Crippen molar-refractivity contribution in [3.8, 4) is 0 Å². The maximum atomic E-state index is 14.5. The summed E-state index contributed by atoms with van der Waals surface area (Å²) in [4.78, 5) is 38.9. The van der Waals surface area contributed by atoms with Crippen LogP contribution in [0.15, 0.2) is 47.7 Å². The number of aromatic amines is 1. The molecular weight excluding hydrogens is 413 g/mol. The van der Waals surface area contributed by atoms with Gasteiger partial charge >= 0.3 is 0 Å². The van der Waals surface area contributed by atoms with Gasteiger partial charge in [-0.25, -0.2) is 9.97 Å². The minimum atomic E-state index is -0.635. The van der Waals surface area contributed by atoms with Crippen LogP contribution in [-0.4, -0.2) is 63.4 Å². The summed E-state index contributed by atoms with van der Waals surface area (Å²) in [6, 6.07) is 9.17. The van der Waals surface area contributed by atoms with E-state index in [1.807, 2.05) is 23.1 Å². The molecule has 0 aliphatic carbocycles. The Hall–Kier alpha value is -3.79. The highest BCUT2D eigenvalue weighted by Crippen LogP contribution is 2.21. The number of amides is 1. The third-order valence-electron chi connectivity index (χ3n) is 5.85. The normalized spacial score (nSPS) is 14.9. The van der Waals surface area contributed by atoms with Crippen molar-refractivity contribution in [3.05, 3.63) is 70.4 Å². The van der Waals surface area contributed by atoms with Crippen molar-refractivity contribution >= 4 is 28.1 Å². The molecule has 1 fully saturated rings. The van der Waals surface area contributed by atoms with Gasteiger partial charge in [0, 0.05) is 39.8 Å². The third kappa shape index (κ3) is 3.58. The van der Waals surface area contributed by atoms with Crippen molar-refractivity contribution in [2.75, 3.05) is 38.1 Å². The summed E-state index contributed by atoms with van der Waals surface area (Å²) in [5.41, 5.74) is 3.57. The van der Waals surface area contributed by atoms with E-state index in [9.17, 15) is 14.0 Å². The Kier molecular flexibility index (Phi) is 5.06. The number of fused-ring (bicyclic) bond motifs is 3. The van der Waals surface area contributed by atoms with Crippen molar-refractivity contribution in [3.63, 3.8) is 0 Å². The van der Waals surface area contributed by atoms with Crippen LogP contribution in [0.25, 0.3) is 16.6 Å². The van der Waals surface area contributed by atoms with Gasteiger partial charge in [-0.15, -0.1) is 0 Å². The van der Waals surface area contributed by atoms with Crippen LogP contribution in [0.1, 0.15) is 16.1 Å². The molecule has 1 aromatic carbocycles. The first-order valence-electron chi connectivity index (χ1n) is 10.4. The van der Waals surface area contributed by atoms with Crippen molar-refractivity contribution < 1.29 is 9.18 Å². The van der Waals surface area contributed by atoms with Gasteiger partial charge in [0.15, 0.2) is 0 Å². The van der Waals surface area contributed by atoms with Gasteiger partial charge in [0.1, 0.15) is 11.2 Å². The summed E-state index contributed by atoms with van der Waals surface area (Å²) in [6.07, 6.45) is 3.19. The van der Waals surface area contributed by atoms with Crippen LogP contribution in [0.3, 0.4) is 0 Å². The Bertz CT molecular complexity index is 1370. The number of nitrogens with zero attached hydrogens (tertiary/aromatic N) is 5. The zero-order valence-corrected chi connectivity index (χ0v) is 17.5. The lowest BCUT2D eigenvalue weighted by molar-refractivity contribution is 0.0957. The fourth-order valence-corrected chi connectivity index (χ4v) is 4.16. The number of anilines is 1. The molecule has 0 atom stereocenters. The number of halogens is 1. The van der Waals surface area contributed by atoms with Crippen LogP contribution >= 0.6 is 0 Å². The molecule has 9 nitrogen and oxygen atoms in total. The van der Waals surface area contributed by atoms with E-state index in [0.29, 0.717) is 24.3 Å². The summed E-state index contributed by atoms with van der Waals surface area (Å²) < 4.78 is 16.2. The number of aromatic nitrogens is 4. The zero-order chi connectivity index (χ0) is 22.2. The van der Waals surface area contributed by atoms with Gasteiger partial charge in [-0.2, -0.15) is 4.39 Å². The molecular formula is C22H22FN7O2. The Balaban J connectivity index is 1.28. The molecule has 0 radical (unpaired) electrons. The van der Waals surface area contributed by atoms with Crippen LogP contribution < -0.4 is 15.8 Å². The van der Waals surface area contributed by atoms with Crippen LogP contribution in [0.5, 0.6) is 0 Å². The fourth-order valence-electron chi connectivity index (χ4n) is 4.16. The summed E-state index contributed by atoms with van der Waals surface area (Å²) in [6.45, 7) is 3.54. The maximum absolute atomic E-state index is 14.5. The van der Waals surface area contributed by atoms with Gasteiger partial charge in [0.2, 0.25) is 5.95 Å². The topological polar surface area (TPSA) is 98.6 Å². The van der Waals surface area contributed by atoms with Crippen LogP contribution in [-0.2, 0) is 6.54 Å².